The number of thiazole rings is 1. The molecule has 4 heterocycles. The molecule has 3 aromatic rings. The van der Waals surface area contributed by atoms with Gasteiger partial charge in [0.2, 0.25) is 5.91 Å². The lowest BCUT2D eigenvalue weighted by molar-refractivity contribution is -0.136. The van der Waals surface area contributed by atoms with Gasteiger partial charge < -0.3 is 10.2 Å². The van der Waals surface area contributed by atoms with Gasteiger partial charge in [0.25, 0.3) is 5.91 Å². The van der Waals surface area contributed by atoms with Crippen molar-refractivity contribution in [2.45, 2.75) is 58.4 Å². The maximum absolute atomic E-state index is 13.1. The normalized spacial score (nSPS) is 18.8. The van der Waals surface area contributed by atoms with Gasteiger partial charge in [-0.05, 0) is 50.8 Å². The number of aromatic nitrogens is 2. The first kappa shape index (κ1) is 26.0. The van der Waals surface area contributed by atoms with Crippen LogP contribution in [-0.2, 0) is 11.2 Å². The number of carbonyl (C=O) groups is 2. The van der Waals surface area contributed by atoms with Crippen LogP contribution >= 0.6 is 11.3 Å². The van der Waals surface area contributed by atoms with Crippen molar-refractivity contribution in [2.75, 3.05) is 23.4 Å². The van der Waals surface area contributed by atoms with Crippen LogP contribution in [0.3, 0.4) is 0 Å². The summed E-state index contributed by atoms with van der Waals surface area (Å²) in [4.78, 5) is 37.3. The molecular weight excluding hydrogens is 496 g/mol. The van der Waals surface area contributed by atoms with Crippen molar-refractivity contribution in [3.05, 3.63) is 70.3 Å². The Kier molecular flexibility index (Phi) is 7.83. The largest absolute Gasteiger partial charge is 0.342 e. The molecule has 1 aromatic carbocycles. The molecule has 0 bridgehead atoms. The molecule has 2 amide bonds. The van der Waals surface area contributed by atoms with E-state index in [2.05, 4.69) is 39.4 Å². The number of hydrazone groups is 1. The first-order valence-electron chi connectivity index (χ1n) is 13.3. The second-order valence-corrected chi connectivity index (χ2v) is 11.2. The topological polar surface area (TPSA) is 90.8 Å². The van der Waals surface area contributed by atoms with Crippen molar-refractivity contribution in [2.24, 2.45) is 11.0 Å². The summed E-state index contributed by atoms with van der Waals surface area (Å²) >= 11 is 1.52. The highest BCUT2D eigenvalue weighted by molar-refractivity contribution is 7.10. The lowest BCUT2D eigenvalue weighted by Crippen LogP contribution is -2.41. The van der Waals surface area contributed by atoms with Crippen molar-refractivity contribution in [1.82, 2.24) is 14.9 Å². The molecule has 0 spiro atoms. The number of piperidine rings is 1. The van der Waals surface area contributed by atoms with E-state index in [-0.39, 0.29) is 29.7 Å². The number of amides is 2. The van der Waals surface area contributed by atoms with Gasteiger partial charge >= 0.3 is 0 Å². The summed E-state index contributed by atoms with van der Waals surface area (Å²) in [5, 5.41) is 12.2. The van der Waals surface area contributed by atoms with Crippen molar-refractivity contribution >= 4 is 40.4 Å². The molecule has 2 aliphatic rings. The minimum atomic E-state index is -0.253. The lowest BCUT2D eigenvalue weighted by Gasteiger charge is -2.33. The number of hydrogen-bond donors (Lipinski definition) is 1. The molecule has 2 unspecified atom stereocenters. The molecule has 2 atom stereocenters. The zero-order valence-corrected chi connectivity index (χ0v) is 22.9. The van der Waals surface area contributed by atoms with Crippen LogP contribution in [0, 0.1) is 5.92 Å². The molecule has 0 radical (unpaired) electrons. The van der Waals surface area contributed by atoms with Crippen LogP contribution in [0.25, 0.3) is 0 Å². The molecule has 38 heavy (non-hydrogen) atoms. The zero-order valence-electron chi connectivity index (χ0n) is 22.1. The molecule has 2 aliphatic heterocycles. The monoisotopic (exact) mass is 530 g/mol. The molecule has 8 nitrogen and oxygen atoms in total. The predicted octanol–water partition coefficient (Wildman–Crippen LogP) is 5.35. The van der Waals surface area contributed by atoms with Crippen molar-refractivity contribution in [3.63, 3.8) is 0 Å². The number of likely N-dealkylation sites (tertiary alicyclic amines) is 1. The second kappa shape index (κ2) is 11.4. The van der Waals surface area contributed by atoms with Crippen molar-refractivity contribution in [3.8, 4) is 0 Å². The predicted molar refractivity (Wildman–Crippen MR) is 152 cm³/mol. The Balaban J connectivity index is 1.18. The van der Waals surface area contributed by atoms with E-state index in [1.54, 1.807) is 12.3 Å². The number of benzene rings is 1. The second-order valence-electron chi connectivity index (χ2n) is 10.3. The molecule has 1 saturated heterocycles. The van der Waals surface area contributed by atoms with Crippen molar-refractivity contribution in [1.29, 1.82) is 0 Å². The Morgan fingerprint density at radius 1 is 1.13 bits per heavy atom. The maximum Gasteiger partial charge on any atom is 0.275 e. The summed E-state index contributed by atoms with van der Waals surface area (Å²) in [7, 11) is 0. The third-order valence-corrected chi connectivity index (χ3v) is 8.26. The molecule has 0 saturated carbocycles. The SMILES string of the molecule is CC1=NN(c2ncccc2NC(=O)c2csc(C3CCN(C(=O)C(C)Cc4ccccc4)CC3)n2)C(C)C1. The Morgan fingerprint density at radius 3 is 2.61 bits per heavy atom. The van der Waals surface area contributed by atoms with Crippen LogP contribution in [0.15, 0.2) is 59.1 Å². The fraction of sp³-hybridized carbons (Fsp3) is 0.414. The number of carbonyl (C=O) groups excluding carboxylic acids is 2. The first-order valence-corrected chi connectivity index (χ1v) is 14.1. The van der Waals surface area contributed by atoms with E-state index in [1.807, 2.05) is 53.4 Å². The van der Waals surface area contributed by atoms with Crippen LogP contribution < -0.4 is 10.3 Å². The maximum atomic E-state index is 13.1. The Bertz CT molecular complexity index is 1320. The van der Waals surface area contributed by atoms with E-state index in [4.69, 9.17) is 0 Å². The average molecular weight is 531 g/mol. The summed E-state index contributed by atoms with van der Waals surface area (Å²) in [6.45, 7) is 7.54. The minimum absolute atomic E-state index is 0.0420. The summed E-state index contributed by atoms with van der Waals surface area (Å²) in [6, 6.07) is 14.0. The highest BCUT2D eigenvalue weighted by Gasteiger charge is 2.29. The van der Waals surface area contributed by atoms with E-state index in [9.17, 15) is 9.59 Å². The van der Waals surface area contributed by atoms with Gasteiger partial charge in [0.15, 0.2) is 5.82 Å². The van der Waals surface area contributed by atoms with Crippen LogP contribution in [0.4, 0.5) is 11.5 Å². The van der Waals surface area contributed by atoms with Crippen LogP contribution in [0.5, 0.6) is 0 Å². The van der Waals surface area contributed by atoms with Gasteiger partial charge in [-0.25, -0.2) is 15.0 Å². The summed E-state index contributed by atoms with van der Waals surface area (Å²) < 4.78 is 0. The number of pyridine rings is 1. The van der Waals surface area contributed by atoms with Gasteiger partial charge in [0.1, 0.15) is 5.69 Å². The Morgan fingerprint density at radius 2 is 1.89 bits per heavy atom. The first-order chi connectivity index (χ1) is 18.4. The molecule has 2 aromatic heterocycles. The van der Waals surface area contributed by atoms with Gasteiger partial charge in [0, 0.05) is 48.6 Å². The van der Waals surface area contributed by atoms with Gasteiger partial charge in [0.05, 0.1) is 16.7 Å². The highest BCUT2D eigenvalue weighted by atomic mass is 32.1. The molecule has 1 N–H and O–H groups in total. The molecule has 1 fully saturated rings. The fourth-order valence-corrected chi connectivity index (χ4v) is 6.22. The van der Waals surface area contributed by atoms with Gasteiger partial charge in [-0.15, -0.1) is 11.3 Å². The Labute approximate surface area is 227 Å². The average Bonchev–Trinajstić information content (AvgIpc) is 3.55. The van der Waals surface area contributed by atoms with E-state index in [1.165, 1.54) is 16.9 Å². The number of anilines is 2. The summed E-state index contributed by atoms with van der Waals surface area (Å²) in [5.41, 5.74) is 3.26. The summed E-state index contributed by atoms with van der Waals surface area (Å²) in [6.07, 6.45) is 5.05. The van der Waals surface area contributed by atoms with E-state index in [0.29, 0.717) is 17.2 Å². The van der Waals surface area contributed by atoms with E-state index in [0.717, 1.165) is 49.5 Å². The number of nitrogens with one attached hydrogen (secondary N) is 1. The van der Waals surface area contributed by atoms with Crippen LogP contribution in [0.2, 0.25) is 0 Å². The van der Waals surface area contributed by atoms with Gasteiger partial charge in [-0.3, -0.25) is 9.59 Å². The zero-order chi connectivity index (χ0) is 26.6. The molecular formula is C29H34N6O2S. The fourth-order valence-electron chi connectivity index (χ4n) is 5.25. The van der Waals surface area contributed by atoms with Crippen molar-refractivity contribution < 1.29 is 9.59 Å². The highest BCUT2D eigenvalue weighted by Crippen LogP contribution is 2.32. The third-order valence-electron chi connectivity index (χ3n) is 7.26. The lowest BCUT2D eigenvalue weighted by atomic mass is 9.94. The quantitative estimate of drug-likeness (QED) is 0.445. The van der Waals surface area contributed by atoms with Crippen LogP contribution in [-0.4, -0.2) is 51.5 Å². The molecule has 9 heteroatoms. The number of rotatable bonds is 7. The smallest absolute Gasteiger partial charge is 0.275 e. The standard InChI is InChI=1S/C29H34N6O2S/c1-19(16-22-8-5-4-6-9-22)29(37)34-14-11-23(12-15-34)28-32-25(18-38-28)27(36)31-24-10-7-13-30-26(24)35-21(3)17-20(2)33-35/h4-10,13,18-19,21,23H,11-12,14-17H2,1-3H3,(H,31,36). The van der Waals surface area contributed by atoms with Crippen LogP contribution in [0.1, 0.15) is 67.0 Å². The molecule has 5 rings (SSSR count). The number of nitrogens with zero attached hydrogens (tertiary/aromatic N) is 5. The van der Waals surface area contributed by atoms with E-state index < -0.39 is 0 Å². The van der Waals surface area contributed by atoms with Gasteiger partial charge in [-0.1, -0.05) is 37.3 Å². The molecule has 0 aliphatic carbocycles. The minimum Gasteiger partial charge on any atom is -0.342 e. The molecule has 198 valence electrons. The third kappa shape index (κ3) is 5.78. The van der Waals surface area contributed by atoms with Gasteiger partial charge in [-0.2, -0.15) is 5.10 Å². The summed E-state index contributed by atoms with van der Waals surface area (Å²) in [5.74, 6) is 0.813. The Hall–Kier alpha value is -3.59. The number of hydrogen-bond acceptors (Lipinski definition) is 7. The van der Waals surface area contributed by atoms with E-state index >= 15 is 0 Å².